The second-order valence-electron chi connectivity index (χ2n) is 14.2. The minimum absolute atomic E-state index is 0.967. The molecule has 0 N–H and O–H groups in total. The number of nitrogens with zero attached hydrogens (tertiary/aromatic N) is 4. The van der Waals surface area contributed by atoms with Crippen LogP contribution in [0.15, 0.2) is 182 Å². The molecule has 12 rings (SSSR count). The van der Waals surface area contributed by atoms with Crippen molar-refractivity contribution in [1.82, 2.24) is 19.1 Å². The van der Waals surface area contributed by atoms with E-state index in [2.05, 4.69) is 184 Å². The van der Waals surface area contributed by atoms with Crippen LogP contribution in [0.5, 0.6) is 0 Å². The molecule has 0 bridgehead atoms. The van der Waals surface area contributed by atoms with Gasteiger partial charge in [-0.25, -0.2) is 4.98 Å². The fourth-order valence-electron chi connectivity index (χ4n) is 8.92. The van der Waals surface area contributed by atoms with Gasteiger partial charge in [-0.15, -0.1) is 0 Å². The highest BCUT2D eigenvalue weighted by Crippen LogP contribution is 2.47. The van der Waals surface area contributed by atoms with Gasteiger partial charge in [0, 0.05) is 67.4 Å². The molecule has 4 heteroatoms. The zero-order valence-corrected chi connectivity index (χ0v) is 29.1. The van der Waals surface area contributed by atoms with Crippen molar-refractivity contribution in [3.63, 3.8) is 0 Å². The van der Waals surface area contributed by atoms with E-state index in [1.54, 1.807) is 0 Å². The smallest absolute Gasteiger partial charge is 0.0801 e. The second kappa shape index (κ2) is 11.1. The van der Waals surface area contributed by atoms with Gasteiger partial charge < -0.3 is 9.13 Å². The maximum Gasteiger partial charge on any atom is 0.0801 e. The Morgan fingerprint density at radius 3 is 1.76 bits per heavy atom. The highest BCUT2D eigenvalue weighted by molar-refractivity contribution is 6.16. The van der Waals surface area contributed by atoms with Crippen molar-refractivity contribution in [3.8, 4) is 56.1 Å². The molecular formula is C50H30N4. The number of pyridine rings is 2. The standard InChI is InChI=1S/C50H30N4/c1-3-11-35(12-4-1)53-45-17-8-7-15-37(45)41-26-31(19-22-46(41)53)32-20-23-47-42(27-32)38-21-18-33(29-48(38)54(47)36-13-5-2-6-14-36)44-28-34-10-9-16-39-43-30-51-25-24-40(43)50(52-44)49(34)39/h1-30H. The molecule has 4 heterocycles. The minimum Gasteiger partial charge on any atom is -0.309 e. The highest BCUT2D eigenvalue weighted by Gasteiger charge is 2.24. The number of aromatic nitrogens is 4. The summed E-state index contributed by atoms with van der Waals surface area (Å²) < 4.78 is 4.77. The van der Waals surface area contributed by atoms with Crippen LogP contribution in [-0.2, 0) is 0 Å². The van der Waals surface area contributed by atoms with E-state index in [0.29, 0.717) is 0 Å². The number of hydrogen-bond donors (Lipinski definition) is 0. The molecule has 0 fully saturated rings. The maximum atomic E-state index is 5.33. The molecule has 4 nitrogen and oxygen atoms in total. The molecule has 250 valence electrons. The lowest BCUT2D eigenvalue weighted by Gasteiger charge is -2.10. The van der Waals surface area contributed by atoms with E-state index >= 15 is 0 Å². The third-order valence-corrected chi connectivity index (χ3v) is 11.3. The van der Waals surface area contributed by atoms with Crippen molar-refractivity contribution < 1.29 is 0 Å². The molecule has 0 unspecified atom stereocenters. The lowest BCUT2D eigenvalue weighted by atomic mass is 10.00. The van der Waals surface area contributed by atoms with Gasteiger partial charge in [-0.2, -0.15) is 0 Å². The van der Waals surface area contributed by atoms with Gasteiger partial charge in [0.2, 0.25) is 0 Å². The molecule has 11 aromatic rings. The van der Waals surface area contributed by atoms with Crippen LogP contribution in [0.2, 0.25) is 0 Å². The number of hydrogen-bond acceptors (Lipinski definition) is 2. The minimum atomic E-state index is 0.967. The molecule has 0 spiro atoms. The predicted octanol–water partition coefficient (Wildman–Crippen LogP) is 12.8. The Hall–Kier alpha value is -7.30. The summed E-state index contributed by atoms with van der Waals surface area (Å²) in [5.41, 5.74) is 16.0. The molecule has 0 aliphatic heterocycles. The molecule has 4 aromatic heterocycles. The van der Waals surface area contributed by atoms with E-state index in [1.807, 2.05) is 12.4 Å². The van der Waals surface area contributed by atoms with Crippen molar-refractivity contribution >= 4 is 54.4 Å². The molecule has 0 radical (unpaired) electrons. The van der Waals surface area contributed by atoms with Crippen LogP contribution >= 0.6 is 0 Å². The normalized spacial score (nSPS) is 12.1. The van der Waals surface area contributed by atoms with Gasteiger partial charge in [0.25, 0.3) is 0 Å². The van der Waals surface area contributed by atoms with Crippen LogP contribution in [0, 0.1) is 0 Å². The van der Waals surface area contributed by atoms with Gasteiger partial charge in [0.15, 0.2) is 0 Å². The molecule has 1 aliphatic rings. The van der Waals surface area contributed by atoms with E-state index in [4.69, 9.17) is 4.98 Å². The van der Waals surface area contributed by atoms with Crippen molar-refractivity contribution in [3.05, 3.63) is 182 Å². The summed E-state index contributed by atoms with van der Waals surface area (Å²) in [6, 6.07) is 61.6. The fraction of sp³-hybridized carbons (Fsp3) is 0. The monoisotopic (exact) mass is 686 g/mol. The van der Waals surface area contributed by atoms with Crippen LogP contribution in [0.3, 0.4) is 0 Å². The highest BCUT2D eigenvalue weighted by atomic mass is 15.0. The van der Waals surface area contributed by atoms with Crippen LogP contribution in [-0.4, -0.2) is 19.1 Å². The Kier molecular flexibility index (Phi) is 6.02. The predicted molar refractivity (Wildman–Crippen MR) is 224 cm³/mol. The largest absolute Gasteiger partial charge is 0.309 e. The number of para-hydroxylation sites is 3. The molecular weight excluding hydrogens is 657 g/mol. The van der Waals surface area contributed by atoms with Crippen molar-refractivity contribution in [1.29, 1.82) is 0 Å². The molecule has 0 saturated carbocycles. The van der Waals surface area contributed by atoms with Gasteiger partial charge in [-0.3, -0.25) is 4.98 Å². The Morgan fingerprint density at radius 2 is 1.02 bits per heavy atom. The number of fused-ring (bicyclic) bond motifs is 9. The molecule has 0 saturated heterocycles. The Bertz CT molecular complexity index is 3320. The Labute approximate surface area is 310 Å². The van der Waals surface area contributed by atoms with Crippen molar-refractivity contribution in [2.45, 2.75) is 0 Å². The van der Waals surface area contributed by atoms with Gasteiger partial charge >= 0.3 is 0 Å². The molecule has 7 aromatic carbocycles. The van der Waals surface area contributed by atoms with E-state index in [1.165, 1.54) is 71.2 Å². The number of rotatable bonds is 4. The summed E-state index contributed by atoms with van der Waals surface area (Å²) >= 11 is 0. The van der Waals surface area contributed by atoms with Gasteiger partial charge in [0.05, 0.1) is 33.5 Å². The number of benzene rings is 7. The van der Waals surface area contributed by atoms with Gasteiger partial charge in [-0.05, 0) is 94.9 Å². The zero-order valence-electron chi connectivity index (χ0n) is 29.1. The van der Waals surface area contributed by atoms with Crippen LogP contribution in [0.4, 0.5) is 0 Å². The van der Waals surface area contributed by atoms with E-state index in [-0.39, 0.29) is 0 Å². The summed E-state index contributed by atoms with van der Waals surface area (Å²) in [6.07, 6.45) is 3.83. The zero-order chi connectivity index (χ0) is 35.3. The summed E-state index contributed by atoms with van der Waals surface area (Å²) in [6.45, 7) is 0. The van der Waals surface area contributed by atoms with E-state index in [0.717, 1.165) is 39.3 Å². The average molecular weight is 687 g/mol. The van der Waals surface area contributed by atoms with Crippen molar-refractivity contribution in [2.75, 3.05) is 0 Å². The van der Waals surface area contributed by atoms with Crippen LogP contribution in [0.25, 0.3) is 111 Å². The van der Waals surface area contributed by atoms with Crippen LogP contribution in [0.1, 0.15) is 0 Å². The first kappa shape index (κ1) is 29.3. The SMILES string of the molecule is c1ccc(-n2c3ccccc3c3cc(-c4ccc5c(c4)c4ccc(-c6cc7cccc8c7c(n6)-c6ccncc6-8)cc4n5-c4ccccc4)ccc32)cc1. The summed E-state index contributed by atoms with van der Waals surface area (Å²) in [5, 5.41) is 7.34. The summed E-state index contributed by atoms with van der Waals surface area (Å²) in [7, 11) is 0. The third kappa shape index (κ3) is 4.13. The quantitative estimate of drug-likeness (QED) is 0.185. The lowest BCUT2D eigenvalue weighted by Crippen LogP contribution is -1.94. The van der Waals surface area contributed by atoms with Gasteiger partial charge in [0.1, 0.15) is 0 Å². The van der Waals surface area contributed by atoms with Gasteiger partial charge in [-0.1, -0.05) is 97.1 Å². The second-order valence-corrected chi connectivity index (χ2v) is 14.2. The maximum absolute atomic E-state index is 5.33. The first-order valence-corrected chi connectivity index (χ1v) is 18.4. The fourth-order valence-corrected chi connectivity index (χ4v) is 8.92. The van der Waals surface area contributed by atoms with E-state index in [9.17, 15) is 0 Å². The topological polar surface area (TPSA) is 35.6 Å². The first-order valence-electron chi connectivity index (χ1n) is 18.4. The summed E-state index contributed by atoms with van der Waals surface area (Å²) in [5.74, 6) is 0. The van der Waals surface area contributed by atoms with Crippen LogP contribution < -0.4 is 0 Å². The van der Waals surface area contributed by atoms with Crippen molar-refractivity contribution in [2.24, 2.45) is 0 Å². The third-order valence-electron chi connectivity index (χ3n) is 11.3. The Balaban J connectivity index is 1.05. The first-order chi connectivity index (χ1) is 26.8. The summed E-state index contributed by atoms with van der Waals surface area (Å²) in [4.78, 5) is 9.76. The molecule has 54 heavy (non-hydrogen) atoms. The Morgan fingerprint density at radius 1 is 0.389 bits per heavy atom. The van der Waals surface area contributed by atoms with E-state index < -0.39 is 0 Å². The lowest BCUT2D eigenvalue weighted by molar-refractivity contribution is 1.18. The molecule has 0 atom stereocenters. The molecule has 0 amide bonds. The molecule has 1 aliphatic carbocycles. The average Bonchev–Trinajstić information content (AvgIpc) is 3.87.